The minimum atomic E-state index is -0.549. The quantitative estimate of drug-likeness (QED) is 0.0545. The third kappa shape index (κ3) is 26.5. The molecule has 0 bridgehead atoms. The number of benzene rings is 5. The Bertz CT molecular complexity index is 2780. The molecule has 0 aliphatic rings. The molecule has 2 N–H and O–H groups in total. The van der Waals surface area contributed by atoms with Crippen LogP contribution in [-0.2, 0) is 0 Å². The largest absolute Gasteiger partial charge is 0.450 e. The number of rotatable bonds is 12. The Balaban J connectivity index is 0.000000465. The number of aromatic nitrogens is 2. The van der Waals surface area contributed by atoms with Crippen LogP contribution in [0.15, 0.2) is 237 Å². The van der Waals surface area contributed by atoms with Crippen LogP contribution in [-0.4, -0.2) is 20.6 Å². The van der Waals surface area contributed by atoms with Crippen LogP contribution in [0.2, 0.25) is 0 Å². The Morgan fingerprint density at radius 2 is 0.883 bits per heavy atom. The molecule has 5 aromatic heterocycles. The van der Waals surface area contributed by atoms with Gasteiger partial charge in [0.25, 0.3) is 6.01 Å². The van der Waals surface area contributed by atoms with Gasteiger partial charge in [0.1, 0.15) is 22.2 Å². The number of nitrogens with one attached hydrogen (secondary N) is 2. The number of furan rings is 3. The standard InChI is InChI=1S/C16H20OS.C11H11N.C10H7FO.C10H7NO3.C10H9N.5C2H6/c1-2-3-4-8-13-18-16-12-11-15(17-16)14-9-6-5-7-10-14;1-9-7-8-11(12-9)10-5-3-2-4-6-10;11-10-7-6-9(12-10)8-4-2-1-3-5-8;12-11(13)10-7-6-9(14-10)8-4-2-1-3-5-8;1-2-5-9(6-3-1)10-7-4-8-11-10;5*1-2/h5-7,9-12H,2-4,8,13H2,1H3;2-8,12H,1H3;1-7H;1-7H;1-8,11H;5*1-2H3. The molecule has 5 heterocycles. The molecule has 10 rings (SSSR count). The molecular formula is C67H84FN3O5S. The van der Waals surface area contributed by atoms with E-state index in [2.05, 4.69) is 90.5 Å². The fourth-order valence-corrected chi connectivity index (χ4v) is 7.39. The number of halogens is 1. The summed E-state index contributed by atoms with van der Waals surface area (Å²) in [7, 11) is 0. The van der Waals surface area contributed by atoms with Crippen molar-refractivity contribution < 1.29 is 22.6 Å². The van der Waals surface area contributed by atoms with Crippen molar-refractivity contribution in [3.8, 4) is 56.5 Å². The molecule has 0 fully saturated rings. The molecule has 0 saturated heterocycles. The second-order valence-electron chi connectivity index (χ2n) is 15.0. The van der Waals surface area contributed by atoms with Crippen molar-refractivity contribution in [2.24, 2.45) is 0 Å². The smallest absolute Gasteiger partial charge is 0.433 e. The molecule has 8 nitrogen and oxygen atoms in total. The van der Waals surface area contributed by atoms with Gasteiger partial charge in [0.2, 0.25) is 0 Å². The van der Waals surface area contributed by atoms with Crippen LogP contribution in [0.25, 0.3) is 56.5 Å². The summed E-state index contributed by atoms with van der Waals surface area (Å²) in [4.78, 5) is 16.3. The maximum atomic E-state index is 12.4. The van der Waals surface area contributed by atoms with E-state index < -0.39 is 10.9 Å². The van der Waals surface area contributed by atoms with Crippen LogP contribution >= 0.6 is 11.8 Å². The van der Waals surface area contributed by atoms with Crippen molar-refractivity contribution in [2.75, 3.05) is 5.75 Å². The average Bonchev–Trinajstić information content (AvgIpc) is 4.41. The molecule has 0 aliphatic carbocycles. The Labute approximate surface area is 464 Å². The third-order valence-electron chi connectivity index (χ3n) is 9.94. The lowest BCUT2D eigenvalue weighted by Gasteiger charge is -1.98. The van der Waals surface area contributed by atoms with Crippen LogP contribution in [0.3, 0.4) is 0 Å². The van der Waals surface area contributed by atoms with E-state index >= 15 is 0 Å². The van der Waals surface area contributed by atoms with Gasteiger partial charge in [-0.15, -0.1) is 0 Å². The highest BCUT2D eigenvalue weighted by Crippen LogP contribution is 2.29. The SMILES string of the molecule is CC.CC.CC.CC.CC.CCCCCCSc1ccc(-c2ccccc2)o1.Cc1ccc(-c2ccccc2)[nH]1.Fc1ccc(-c2ccccc2)o1.O=[N+]([O-])c1ccc(-c2ccccc2)o1.c1ccc(-c2ccc[nH]2)cc1. The monoisotopic (exact) mass is 1060 g/mol. The number of hydrogen-bond acceptors (Lipinski definition) is 6. The number of aryl methyl sites for hydroxylation is 1. The third-order valence-corrected chi connectivity index (χ3v) is 10.9. The summed E-state index contributed by atoms with van der Waals surface area (Å²) in [6.07, 6.45) is 7.18. The molecule has 5 aromatic carbocycles. The number of nitro groups is 1. The summed E-state index contributed by atoms with van der Waals surface area (Å²) >= 11 is 1.82. The molecule has 0 aliphatic heterocycles. The van der Waals surface area contributed by atoms with E-state index in [0.29, 0.717) is 11.5 Å². The lowest BCUT2D eigenvalue weighted by molar-refractivity contribution is -0.401. The van der Waals surface area contributed by atoms with Gasteiger partial charge < -0.3 is 23.2 Å². The zero-order valence-corrected chi connectivity index (χ0v) is 48.4. The van der Waals surface area contributed by atoms with Gasteiger partial charge in [-0.05, 0) is 73.0 Å². The highest BCUT2D eigenvalue weighted by molar-refractivity contribution is 7.99. The lowest BCUT2D eigenvalue weighted by atomic mass is 10.2. The molecule has 0 unspecified atom stereocenters. The lowest BCUT2D eigenvalue weighted by Crippen LogP contribution is -1.82. The van der Waals surface area contributed by atoms with Crippen LogP contribution in [0.1, 0.15) is 108 Å². The number of unbranched alkanes of at least 4 members (excludes halogenated alkanes) is 3. The maximum absolute atomic E-state index is 12.4. The predicted octanol–water partition coefficient (Wildman–Crippen LogP) is 22.4. The average molecular weight is 1060 g/mol. The van der Waals surface area contributed by atoms with E-state index in [1.807, 2.05) is 209 Å². The van der Waals surface area contributed by atoms with E-state index in [4.69, 9.17) is 13.3 Å². The zero-order valence-electron chi connectivity index (χ0n) is 47.6. The van der Waals surface area contributed by atoms with Gasteiger partial charge in [-0.2, -0.15) is 4.39 Å². The summed E-state index contributed by atoms with van der Waals surface area (Å²) < 4.78 is 28.1. The number of aromatic amines is 2. The van der Waals surface area contributed by atoms with Crippen LogP contribution < -0.4 is 0 Å². The van der Waals surface area contributed by atoms with E-state index in [9.17, 15) is 14.5 Å². The fraction of sp³-hybridized carbons (Fsp3) is 0.254. The minimum Gasteiger partial charge on any atom is -0.450 e. The summed E-state index contributed by atoms with van der Waals surface area (Å²) in [6.45, 7) is 24.3. The van der Waals surface area contributed by atoms with Gasteiger partial charge >= 0.3 is 5.88 Å². The first kappa shape index (κ1) is 67.2. The Morgan fingerprint density at radius 3 is 1.27 bits per heavy atom. The van der Waals surface area contributed by atoms with Gasteiger partial charge in [-0.25, -0.2) is 0 Å². The summed E-state index contributed by atoms with van der Waals surface area (Å²) in [5, 5.41) is 11.4. The fourth-order valence-electron chi connectivity index (χ4n) is 6.53. The van der Waals surface area contributed by atoms with Crippen LogP contribution in [0.4, 0.5) is 10.3 Å². The van der Waals surface area contributed by atoms with Crippen molar-refractivity contribution in [3.05, 3.63) is 240 Å². The first-order valence-corrected chi connectivity index (χ1v) is 28.1. The van der Waals surface area contributed by atoms with Gasteiger partial charge in [0, 0.05) is 51.8 Å². The topological polar surface area (TPSA) is 114 Å². The maximum Gasteiger partial charge on any atom is 0.433 e. The number of nitrogens with zero attached hydrogens (tertiary/aromatic N) is 1. The highest BCUT2D eigenvalue weighted by atomic mass is 32.2. The zero-order chi connectivity index (χ0) is 56.9. The first-order chi connectivity index (χ1) is 37.9. The second kappa shape index (κ2) is 43.4. The van der Waals surface area contributed by atoms with Gasteiger partial charge in [-0.1, -0.05) is 259 Å². The Hall–Kier alpha value is -7.82. The molecule has 0 spiro atoms. The minimum absolute atomic E-state index is 0.233. The summed E-state index contributed by atoms with van der Waals surface area (Å²) in [6, 6.07) is 67.2. The number of thioether (sulfide) groups is 1. The van der Waals surface area contributed by atoms with Crippen molar-refractivity contribution in [1.82, 2.24) is 9.97 Å². The normalized spacial score (nSPS) is 9.26. The molecule has 0 amide bonds. The second-order valence-corrected chi connectivity index (χ2v) is 16.1. The van der Waals surface area contributed by atoms with Gasteiger partial charge in [-0.3, -0.25) is 10.1 Å². The van der Waals surface area contributed by atoms with Crippen molar-refractivity contribution >= 4 is 17.6 Å². The molecule has 0 atom stereocenters. The number of hydrogen-bond donors (Lipinski definition) is 2. The van der Waals surface area contributed by atoms with Crippen LogP contribution in [0.5, 0.6) is 0 Å². The molecular weight excluding hydrogens is 978 g/mol. The van der Waals surface area contributed by atoms with E-state index in [-0.39, 0.29) is 5.88 Å². The van der Waals surface area contributed by atoms with E-state index in [0.717, 1.165) is 33.3 Å². The van der Waals surface area contributed by atoms with E-state index in [1.54, 1.807) is 12.1 Å². The van der Waals surface area contributed by atoms with Crippen molar-refractivity contribution in [3.63, 3.8) is 0 Å². The van der Waals surface area contributed by atoms with Gasteiger partial charge in [0.05, 0.1) is 6.07 Å². The summed E-state index contributed by atoms with van der Waals surface area (Å²) in [5.74, 6) is 2.96. The molecule has 10 heteroatoms. The van der Waals surface area contributed by atoms with E-state index in [1.165, 1.54) is 66.0 Å². The molecule has 0 saturated carbocycles. The number of H-pyrrole nitrogens is 2. The Kier molecular flexibility index (Phi) is 37.9. The summed E-state index contributed by atoms with van der Waals surface area (Å²) in [5.41, 5.74) is 8.91. The first-order valence-electron chi connectivity index (χ1n) is 27.1. The highest BCUT2D eigenvalue weighted by Gasteiger charge is 2.12. The van der Waals surface area contributed by atoms with Crippen molar-refractivity contribution in [2.45, 2.75) is 114 Å². The Morgan fingerprint density at radius 1 is 0.455 bits per heavy atom. The van der Waals surface area contributed by atoms with Crippen molar-refractivity contribution in [1.29, 1.82) is 0 Å². The predicted molar refractivity (Wildman–Crippen MR) is 328 cm³/mol. The molecule has 0 radical (unpaired) electrons. The molecule has 10 aromatic rings. The molecule has 77 heavy (non-hydrogen) atoms. The van der Waals surface area contributed by atoms with Crippen LogP contribution in [0, 0.1) is 23.1 Å². The van der Waals surface area contributed by atoms with Gasteiger partial charge in [0.15, 0.2) is 5.09 Å². The molecule has 410 valence electrons.